The summed E-state index contributed by atoms with van der Waals surface area (Å²) in [6, 6.07) is 24.1. The summed E-state index contributed by atoms with van der Waals surface area (Å²) in [5.41, 5.74) is 2.15. The van der Waals surface area contributed by atoms with Crippen molar-refractivity contribution in [1.82, 2.24) is 0 Å². The number of Topliss-reactive ketones (excluding diaryl/α,β-unsaturated/α-hetero) is 1. The molecule has 0 N–H and O–H groups in total. The van der Waals surface area contributed by atoms with Crippen molar-refractivity contribution >= 4 is 28.3 Å². The summed E-state index contributed by atoms with van der Waals surface area (Å²) in [6.45, 7) is 1.77. The largest absolute Gasteiger partial charge is 0.493 e. The Morgan fingerprint density at radius 1 is 0.927 bits per heavy atom. The molecule has 2 heterocycles. The number of fused-ring (bicyclic) bond motifs is 2. The predicted molar refractivity (Wildman–Crippen MR) is 151 cm³/mol. The summed E-state index contributed by atoms with van der Waals surface area (Å²) in [5, 5.41) is 0.0325. The quantitative estimate of drug-likeness (QED) is 0.216. The number of ketones is 1. The summed E-state index contributed by atoms with van der Waals surface area (Å²) in [6.07, 6.45) is 0. The lowest BCUT2D eigenvalue weighted by molar-refractivity contribution is 0.0970. The smallest absolute Gasteiger partial charge is 0.295 e. The minimum absolute atomic E-state index is 0.0325. The molecule has 1 atom stereocenters. The molecule has 7 nitrogen and oxygen atoms in total. The first-order valence-electron chi connectivity index (χ1n) is 12.9. The van der Waals surface area contributed by atoms with Crippen LogP contribution in [0, 0.1) is 5.82 Å². The number of halogens is 1. The van der Waals surface area contributed by atoms with Crippen molar-refractivity contribution in [2.24, 2.45) is 0 Å². The summed E-state index contributed by atoms with van der Waals surface area (Å²) in [5.74, 6) is -0.489. The zero-order valence-electron chi connectivity index (χ0n) is 22.2. The third-order valence-corrected chi connectivity index (χ3v) is 7.12. The van der Waals surface area contributed by atoms with Gasteiger partial charge in [0.05, 0.1) is 24.1 Å². The number of carbonyl (C=O) groups is 2. The molecule has 0 saturated carbocycles. The summed E-state index contributed by atoms with van der Waals surface area (Å²) >= 11 is 0. The fourth-order valence-electron chi connectivity index (χ4n) is 5.09. The van der Waals surface area contributed by atoms with Gasteiger partial charge in [0.15, 0.2) is 22.7 Å². The van der Waals surface area contributed by atoms with Crippen molar-refractivity contribution in [2.45, 2.75) is 19.6 Å². The maximum atomic E-state index is 14.1. The second-order valence-electron chi connectivity index (χ2n) is 9.68. The average molecular weight is 550 g/mol. The number of anilines is 1. The van der Waals surface area contributed by atoms with E-state index in [1.54, 1.807) is 42.5 Å². The molecule has 1 aliphatic heterocycles. The molecular weight excluding hydrogens is 525 g/mol. The van der Waals surface area contributed by atoms with Crippen molar-refractivity contribution in [3.05, 3.63) is 135 Å². The fraction of sp³-hybridized carbons (Fsp3) is 0.121. The van der Waals surface area contributed by atoms with Gasteiger partial charge in [-0.25, -0.2) is 4.39 Å². The molecule has 4 aromatic carbocycles. The minimum atomic E-state index is -0.915. The van der Waals surface area contributed by atoms with Crippen molar-refractivity contribution in [2.75, 3.05) is 12.0 Å². The highest BCUT2D eigenvalue weighted by atomic mass is 19.1. The molecule has 204 valence electrons. The lowest BCUT2D eigenvalue weighted by Crippen LogP contribution is -2.29. The van der Waals surface area contributed by atoms with Crippen LogP contribution >= 0.6 is 0 Å². The molecule has 0 spiro atoms. The summed E-state index contributed by atoms with van der Waals surface area (Å²) in [7, 11) is 1.51. The molecule has 1 aromatic heterocycles. The van der Waals surface area contributed by atoms with Gasteiger partial charge in [0, 0.05) is 11.3 Å². The van der Waals surface area contributed by atoms with E-state index in [1.807, 2.05) is 30.3 Å². The van der Waals surface area contributed by atoms with Crippen molar-refractivity contribution in [3.8, 4) is 11.5 Å². The second-order valence-corrected chi connectivity index (χ2v) is 9.68. The lowest BCUT2D eigenvalue weighted by Gasteiger charge is -2.26. The zero-order valence-corrected chi connectivity index (χ0v) is 22.2. The number of nitrogens with zero attached hydrogens (tertiary/aromatic N) is 1. The number of amides is 1. The molecule has 0 bridgehead atoms. The topological polar surface area (TPSA) is 86.0 Å². The van der Waals surface area contributed by atoms with E-state index in [0.29, 0.717) is 34.9 Å². The van der Waals surface area contributed by atoms with Crippen LogP contribution in [-0.2, 0) is 6.61 Å². The number of methoxy groups -OCH3 is 1. The van der Waals surface area contributed by atoms with E-state index >= 15 is 0 Å². The lowest BCUT2D eigenvalue weighted by atomic mass is 9.97. The van der Waals surface area contributed by atoms with E-state index in [9.17, 15) is 18.8 Å². The Morgan fingerprint density at radius 3 is 2.39 bits per heavy atom. The molecule has 1 unspecified atom stereocenters. The van der Waals surface area contributed by atoms with Crippen molar-refractivity contribution in [3.63, 3.8) is 0 Å². The maximum Gasteiger partial charge on any atom is 0.295 e. The van der Waals surface area contributed by atoms with Gasteiger partial charge < -0.3 is 13.9 Å². The van der Waals surface area contributed by atoms with Crippen molar-refractivity contribution < 1.29 is 27.9 Å². The normalized spacial score (nSPS) is 14.3. The van der Waals surface area contributed by atoms with Crippen LogP contribution in [-0.4, -0.2) is 18.8 Å². The minimum Gasteiger partial charge on any atom is -0.493 e. The van der Waals surface area contributed by atoms with Gasteiger partial charge in [-0.2, -0.15) is 0 Å². The number of rotatable bonds is 7. The highest BCUT2D eigenvalue weighted by Crippen LogP contribution is 2.43. The summed E-state index contributed by atoms with van der Waals surface area (Å²) < 4.78 is 31.7. The van der Waals surface area contributed by atoms with Gasteiger partial charge in [-0.1, -0.05) is 36.4 Å². The fourth-order valence-corrected chi connectivity index (χ4v) is 5.09. The highest BCUT2D eigenvalue weighted by Gasteiger charge is 2.44. The second kappa shape index (κ2) is 10.4. The van der Waals surface area contributed by atoms with Crippen LogP contribution in [0.1, 0.15) is 50.6 Å². The van der Waals surface area contributed by atoms with Crippen molar-refractivity contribution in [1.29, 1.82) is 0 Å². The monoisotopic (exact) mass is 549 g/mol. The van der Waals surface area contributed by atoms with Gasteiger partial charge in [-0.3, -0.25) is 19.3 Å². The van der Waals surface area contributed by atoms with E-state index in [-0.39, 0.29) is 28.1 Å². The molecule has 0 aliphatic carbocycles. The van der Waals surface area contributed by atoms with E-state index < -0.39 is 23.2 Å². The molecule has 0 fully saturated rings. The van der Waals surface area contributed by atoms with Gasteiger partial charge in [0.2, 0.25) is 5.76 Å². The van der Waals surface area contributed by atoms with Crippen LogP contribution in [0.2, 0.25) is 0 Å². The van der Waals surface area contributed by atoms with E-state index in [0.717, 1.165) is 11.6 Å². The Morgan fingerprint density at radius 2 is 1.68 bits per heavy atom. The van der Waals surface area contributed by atoms with Crippen LogP contribution in [0.3, 0.4) is 0 Å². The first-order valence-corrected chi connectivity index (χ1v) is 12.9. The first-order chi connectivity index (χ1) is 19.9. The van der Waals surface area contributed by atoms with Gasteiger partial charge in [0.1, 0.15) is 18.0 Å². The number of hydrogen-bond acceptors (Lipinski definition) is 6. The van der Waals surface area contributed by atoms with Gasteiger partial charge >= 0.3 is 0 Å². The molecule has 1 aliphatic rings. The summed E-state index contributed by atoms with van der Waals surface area (Å²) in [4.78, 5) is 40.9. The maximum absolute atomic E-state index is 14.1. The van der Waals surface area contributed by atoms with Gasteiger partial charge in [-0.15, -0.1) is 0 Å². The van der Waals surface area contributed by atoms with Crippen LogP contribution in [0.4, 0.5) is 10.1 Å². The van der Waals surface area contributed by atoms with Gasteiger partial charge in [0.25, 0.3) is 5.91 Å². The van der Waals surface area contributed by atoms with Crippen LogP contribution in [0.25, 0.3) is 11.0 Å². The molecule has 0 saturated heterocycles. The Labute approximate surface area is 234 Å². The number of ether oxygens (including phenoxy) is 2. The van der Waals surface area contributed by atoms with Crippen LogP contribution < -0.4 is 19.8 Å². The molecule has 0 radical (unpaired) electrons. The van der Waals surface area contributed by atoms with Crippen LogP contribution in [0.15, 0.2) is 100 Å². The first kappa shape index (κ1) is 26.0. The Bertz CT molecular complexity index is 1860. The Balaban J connectivity index is 1.49. The molecule has 8 heteroatoms. The van der Waals surface area contributed by atoms with Gasteiger partial charge in [-0.05, 0) is 72.6 Å². The van der Waals surface area contributed by atoms with E-state index in [2.05, 4.69) is 0 Å². The zero-order chi connectivity index (χ0) is 28.7. The van der Waals surface area contributed by atoms with E-state index in [4.69, 9.17) is 13.9 Å². The molecule has 5 aromatic rings. The number of benzene rings is 4. The predicted octanol–water partition coefficient (Wildman–Crippen LogP) is 6.47. The molecular formula is C33H24FNO6. The molecule has 6 rings (SSSR count). The Hall–Kier alpha value is -5.24. The third kappa shape index (κ3) is 4.63. The highest BCUT2D eigenvalue weighted by molar-refractivity contribution is 6.11. The molecule has 1 amide bonds. The molecule has 41 heavy (non-hydrogen) atoms. The average Bonchev–Trinajstić information content (AvgIpc) is 3.29. The standard InChI is InChI=1S/C33H24FNO6/c1-19(36)21-8-12-24(13-9-21)35-30(29-31(37)25-17-23(34)11-15-26(25)41-32(29)33(35)38)22-10-14-27(28(16-22)39-2)40-18-20-6-4-3-5-7-20/h3-17,30H,18H2,1-2H3. The Kier molecular flexibility index (Phi) is 6.59. The SMILES string of the molecule is COc1cc(C2c3c(oc4ccc(F)cc4c3=O)C(=O)N2c2ccc(C(C)=O)cc2)ccc1OCc1ccccc1. The van der Waals surface area contributed by atoms with E-state index in [1.165, 1.54) is 31.1 Å². The number of hydrogen-bond donors (Lipinski definition) is 0. The third-order valence-electron chi connectivity index (χ3n) is 7.12. The van der Waals surface area contributed by atoms with Crippen LogP contribution in [0.5, 0.6) is 11.5 Å². The number of carbonyl (C=O) groups excluding carboxylic acids is 2.